The van der Waals surface area contributed by atoms with E-state index in [1.807, 2.05) is 18.2 Å². The van der Waals surface area contributed by atoms with Gasteiger partial charge in [0, 0.05) is 11.1 Å². The fourth-order valence-corrected chi connectivity index (χ4v) is 4.48. The number of H-pyrrole nitrogens is 1. The Labute approximate surface area is 135 Å². The van der Waals surface area contributed by atoms with Gasteiger partial charge in [-0.2, -0.15) is 0 Å². The van der Waals surface area contributed by atoms with Crippen LogP contribution in [0.15, 0.2) is 35.1 Å². The Morgan fingerprint density at radius 2 is 2.00 bits per heavy atom. The van der Waals surface area contributed by atoms with Crippen LogP contribution in [-0.4, -0.2) is 20.4 Å². The minimum atomic E-state index is -0.197. The molecule has 0 saturated carbocycles. The zero-order chi connectivity index (χ0) is 15.4. The number of hydrogen-bond donors (Lipinski definition) is 1. The number of rotatable bonds is 1. The molecule has 0 atom stereocenters. The van der Waals surface area contributed by atoms with E-state index in [0.29, 0.717) is 10.2 Å². The third kappa shape index (κ3) is 1.78. The van der Waals surface area contributed by atoms with Crippen molar-refractivity contribution in [3.63, 3.8) is 0 Å². The zero-order valence-corrected chi connectivity index (χ0v) is 13.0. The SMILES string of the molecule is O=c1[nH]nnc2c1sc1nc3c(c(-c4ccccc4)c12)CCC3. The highest BCUT2D eigenvalue weighted by atomic mass is 32.1. The predicted octanol–water partition coefficient (Wildman–Crippen LogP) is 3.08. The summed E-state index contributed by atoms with van der Waals surface area (Å²) in [6.07, 6.45) is 3.15. The summed E-state index contributed by atoms with van der Waals surface area (Å²) in [7, 11) is 0. The average molecular weight is 320 g/mol. The number of nitrogens with one attached hydrogen (secondary N) is 1. The fraction of sp³-hybridized carbons (Fsp3) is 0.176. The first-order valence-electron chi connectivity index (χ1n) is 7.57. The highest BCUT2D eigenvalue weighted by Crippen LogP contribution is 2.42. The van der Waals surface area contributed by atoms with E-state index in [4.69, 9.17) is 4.98 Å². The Kier molecular flexibility index (Phi) is 2.63. The number of aromatic nitrogens is 4. The maximum Gasteiger partial charge on any atom is 0.285 e. The molecule has 0 radical (unpaired) electrons. The van der Waals surface area contributed by atoms with Gasteiger partial charge in [-0.15, -0.1) is 16.4 Å². The Balaban J connectivity index is 2.03. The van der Waals surface area contributed by atoms with Crippen LogP contribution in [0.1, 0.15) is 17.7 Å². The summed E-state index contributed by atoms with van der Waals surface area (Å²) in [4.78, 5) is 17.8. The lowest BCUT2D eigenvalue weighted by molar-refractivity contribution is 0.876. The standard InChI is InChI=1S/C17H12N4OS/c22-16-15-14(19-21-20-16)13-12(9-5-2-1-3-6-9)10-7-4-8-11(10)18-17(13)23-15/h1-3,5-6H,4,7-8H2,(H,19,20,22). The molecule has 0 spiro atoms. The second-order valence-corrected chi connectivity index (χ2v) is 6.73. The van der Waals surface area contributed by atoms with Crippen LogP contribution in [0, 0.1) is 0 Å². The fourth-order valence-electron chi connectivity index (χ4n) is 3.45. The Hall–Kier alpha value is -2.60. The molecule has 5 rings (SSSR count). The molecule has 1 aromatic carbocycles. The number of benzene rings is 1. The lowest BCUT2D eigenvalue weighted by Gasteiger charge is -2.10. The molecule has 0 aliphatic heterocycles. The third-order valence-electron chi connectivity index (χ3n) is 4.41. The van der Waals surface area contributed by atoms with Gasteiger partial charge in [0.1, 0.15) is 15.0 Å². The molecule has 23 heavy (non-hydrogen) atoms. The van der Waals surface area contributed by atoms with E-state index in [0.717, 1.165) is 40.7 Å². The first-order chi connectivity index (χ1) is 11.3. The highest BCUT2D eigenvalue weighted by molar-refractivity contribution is 7.25. The predicted molar refractivity (Wildman–Crippen MR) is 90.8 cm³/mol. The molecule has 3 aromatic heterocycles. The summed E-state index contributed by atoms with van der Waals surface area (Å²) in [5, 5.41) is 11.3. The van der Waals surface area contributed by atoms with E-state index in [9.17, 15) is 4.79 Å². The molecule has 3 heterocycles. The van der Waals surface area contributed by atoms with Crippen LogP contribution in [0.25, 0.3) is 31.6 Å². The Morgan fingerprint density at radius 1 is 1.13 bits per heavy atom. The van der Waals surface area contributed by atoms with Crippen LogP contribution in [0.3, 0.4) is 0 Å². The average Bonchev–Trinajstić information content (AvgIpc) is 3.18. The third-order valence-corrected chi connectivity index (χ3v) is 5.48. The molecule has 5 nitrogen and oxygen atoms in total. The van der Waals surface area contributed by atoms with Gasteiger partial charge in [0.25, 0.3) is 5.56 Å². The van der Waals surface area contributed by atoms with Gasteiger partial charge in [0.2, 0.25) is 0 Å². The molecule has 1 aliphatic rings. The molecule has 0 unspecified atom stereocenters. The summed E-state index contributed by atoms with van der Waals surface area (Å²) in [6.45, 7) is 0. The maximum absolute atomic E-state index is 12.1. The van der Waals surface area contributed by atoms with Gasteiger partial charge >= 0.3 is 0 Å². The van der Waals surface area contributed by atoms with E-state index >= 15 is 0 Å². The molecular formula is C17H12N4OS. The number of fused-ring (bicyclic) bond motifs is 4. The number of hydrogen-bond acceptors (Lipinski definition) is 5. The van der Waals surface area contributed by atoms with Gasteiger partial charge in [-0.3, -0.25) is 4.79 Å². The molecule has 4 aromatic rings. The van der Waals surface area contributed by atoms with Crippen molar-refractivity contribution in [3.05, 3.63) is 51.9 Å². The number of nitrogens with zero attached hydrogens (tertiary/aromatic N) is 3. The molecule has 112 valence electrons. The lowest BCUT2D eigenvalue weighted by atomic mass is 9.96. The van der Waals surface area contributed by atoms with Gasteiger partial charge in [0.05, 0.1) is 0 Å². The second-order valence-electron chi connectivity index (χ2n) is 5.73. The first-order valence-corrected chi connectivity index (χ1v) is 8.39. The highest BCUT2D eigenvalue weighted by Gasteiger charge is 2.24. The van der Waals surface area contributed by atoms with E-state index in [1.165, 1.54) is 22.5 Å². The van der Waals surface area contributed by atoms with Crippen molar-refractivity contribution in [3.8, 4) is 11.1 Å². The summed E-state index contributed by atoms with van der Waals surface area (Å²) < 4.78 is 0.600. The Morgan fingerprint density at radius 3 is 2.87 bits per heavy atom. The number of aromatic amines is 1. The van der Waals surface area contributed by atoms with Crippen LogP contribution < -0.4 is 5.56 Å². The van der Waals surface area contributed by atoms with Crippen molar-refractivity contribution in [2.24, 2.45) is 0 Å². The number of pyridine rings is 1. The quantitative estimate of drug-likeness (QED) is 0.585. The van der Waals surface area contributed by atoms with Crippen LogP contribution >= 0.6 is 11.3 Å². The molecular weight excluding hydrogens is 308 g/mol. The summed E-state index contributed by atoms with van der Waals surface area (Å²) in [6, 6.07) is 10.3. The van der Waals surface area contributed by atoms with Crippen LogP contribution in [0.2, 0.25) is 0 Å². The Bertz CT molecular complexity index is 1110. The van der Waals surface area contributed by atoms with Crippen molar-refractivity contribution in [2.45, 2.75) is 19.3 Å². The van der Waals surface area contributed by atoms with E-state index in [1.54, 1.807) is 0 Å². The first kappa shape index (κ1) is 12.9. The second kappa shape index (κ2) is 4.70. The van der Waals surface area contributed by atoms with Crippen molar-refractivity contribution >= 4 is 31.8 Å². The summed E-state index contributed by atoms with van der Waals surface area (Å²) >= 11 is 1.41. The van der Waals surface area contributed by atoms with Crippen molar-refractivity contribution in [1.29, 1.82) is 0 Å². The smallest absolute Gasteiger partial charge is 0.266 e. The minimum absolute atomic E-state index is 0.197. The van der Waals surface area contributed by atoms with Gasteiger partial charge < -0.3 is 0 Å². The number of thiophene rings is 1. The van der Waals surface area contributed by atoms with Gasteiger partial charge in [-0.1, -0.05) is 35.5 Å². The molecule has 0 amide bonds. The van der Waals surface area contributed by atoms with Gasteiger partial charge in [0.15, 0.2) is 0 Å². The van der Waals surface area contributed by atoms with E-state index < -0.39 is 0 Å². The molecule has 6 heteroatoms. The van der Waals surface area contributed by atoms with E-state index in [2.05, 4.69) is 27.5 Å². The monoisotopic (exact) mass is 320 g/mol. The van der Waals surface area contributed by atoms with Crippen molar-refractivity contribution in [2.75, 3.05) is 0 Å². The molecule has 1 N–H and O–H groups in total. The maximum atomic E-state index is 12.1. The molecule has 0 fully saturated rings. The van der Waals surface area contributed by atoms with Crippen LogP contribution in [0.4, 0.5) is 0 Å². The molecule has 0 saturated heterocycles. The minimum Gasteiger partial charge on any atom is -0.266 e. The van der Waals surface area contributed by atoms with E-state index in [-0.39, 0.29) is 5.56 Å². The molecule has 1 aliphatic carbocycles. The van der Waals surface area contributed by atoms with Gasteiger partial charge in [-0.25, -0.2) is 10.1 Å². The van der Waals surface area contributed by atoms with Crippen molar-refractivity contribution in [1.82, 2.24) is 20.4 Å². The summed E-state index contributed by atoms with van der Waals surface area (Å²) in [5.41, 5.74) is 5.25. The largest absolute Gasteiger partial charge is 0.285 e. The van der Waals surface area contributed by atoms with Crippen LogP contribution in [-0.2, 0) is 12.8 Å². The normalized spacial score (nSPS) is 13.7. The van der Waals surface area contributed by atoms with Gasteiger partial charge in [-0.05, 0) is 36.0 Å². The zero-order valence-electron chi connectivity index (χ0n) is 12.2. The lowest BCUT2D eigenvalue weighted by Crippen LogP contribution is -2.07. The summed E-state index contributed by atoms with van der Waals surface area (Å²) in [5.74, 6) is 0. The molecule has 0 bridgehead atoms. The topological polar surface area (TPSA) is 71.5 Å². The van der Waals surface area contributed by atoms with Crippen molar-refractivity contribution < 1.29 is 0 Å². The number of aryl methyl sites for hydroxylation is 1. The van der Waals surface area contributed by atoms with Crippen LogP contribution in [0.5, 0.6) is 0 Å².